The summed E-state index contributed by atoms with van der Waals surface area (Å²) in [6, 6.07) is 5.05. The summed E-state index contributed by atoms with van der Waals surface area (Å²) in [5, 5.41) is 10.0. The lowest BCUT2D eigenvalue weighted by molar-refractivity contribution is 0.476. The van der Waals surface area contributed by atoms with Crippen LogP contribution in [0.25, 0.3) is 10.9 Å². The number of aromatic nitrogens is 1. The Morgan fingerprint density at radius 2 is 2.18 bits per heavy atom. The highest BCUT2D eigenvalue weighted by Crippen LogP contribution is 2.23. The van der Waals surface area contributed by atoms with Gasteiger partial charge in [0.15, 0.2) is 0 Å². The normalized spacial score (nSPS) is 10.5. The molecule has 0 saturated carbocycles. The molecule has 0 spiro atoms. The third-order valence-electron chi connectivity index (χ3n) is 1.70. The van der Waals surface area contributed by atoms with Gasteiger partial charge >= 0.3 is 0 Å². The highest BCUT2D eigenvalue weighted by Gasteiger charge is 1.98. The van der Waals surface area contributed by atoms with Crippen LogP contribution < -0.4 is 5.73 Å². The molecule has 0 aliphatic heterocycles. The molecule has 3 nitrogen and oxygen atoms in total. The van der Waals surface area contributed by atoms with Crippen LogP contribution in [0, 0.1) is 0 Å². The van der Waals surface area contributed by atoms with Gasteiger partial charge in [-0.25, -0.2) is 0 Å². The molecule has 1 aromatic heterocycles. The van der Waals surface area contributed by atoms with Gasteiger partial charge in [-0.15, -0.1) is 0 Å². The zero-order valence-corrected chi connectivity index (χ0v) is 5.83. The summed E-state index contributed by atoms with van der Waals surface area (Å²) < 4.78 is 0. The Kier molecular flexibility index (Phi) is 1.06. The fourth-order valence-electron chi connectivity index (χ4n) is 1.14. The van der Waals surface area contributed by atoms with E-state index in [0.717, 1.165) is 10.9 Å². The van der Waals surface area contributed by atoms with Crippen molar-refractivity contribution in [3.05, 3.63) is 24.4 Å². The molecule has 0 unspecified atom stereocenters. The number of nitrogens with two attached hydrogens (primary N) is 1. The molecule has 2 aromatic rings. The van der Waals surface area contributed by atoms with Crippen molar-refractivity contribution in [2.24, 2.45) is 0 Å². The first-order valence-corrected chi connectivity index (χ1v) is 3.33. The summed E-state index contributed by atoms with van der Waals surface area (Å²) in [5.41, 5.74) is 7.19. The number of nitrogens with one attached hydrogen (secondary N) is 1. The van der Waals surface area contributed by atoms with Gasteiger partial charge in [0.25, 0.3) is 0 Å². The molecule has 0 radical (unpaired) electrons. The Hall–Kier alpha value is -1.64. The molecular formula is C8H8N2O. The van der Waals surface area contributed by atoms with Crippen LogP contribution in [0.1, 0.15) is 0 Å². The fraction of sp³-hybridized carbons (Fsp3) is 0. The van der Waals surface area contributed by atoms with Crippen LogP contribution >= 0.6 is 0 Å². The van der Waals surface area contributed by atoms with Gasteiger partial charge in [0.2, 0.25) is 0 Å². The number of benzene rings is 1. The van der Waals surface area contributed by atoms with Crippen molar-refractivity contribution in [3.8, 4) is 5.75 Å². The second kappa shape index (κ2) is 1.92. The van der Waals surface area contributed by atoms with Crippen molar-refractivity contribution >= 4 is 16.6 Å². The lowest BCUT2D eigenvalue weighted by atomic mass is 10.2. The highest BCUT2D eigenvalue weighted by molar-refractivity contribution is 5.91. The molecule has 0 aliphatic carbocycles. The molecule has 4 N–H and O–H groups in total. The van der Waals surface area contributed by atoms with E-state index in [1.807, 2.05) is 0 Å². The van der Waals surface area contributed by atoms with Crippen molar-refractivity contribution in [1.82, 2.24) is 4.98 Å². The number of anilines is 1. The maximum atomic E-state index is 9.08. The standard InChI is InChI=1S/C8H8N2O/c9-7-4-10-8-3-5(11)1-2-6(7)8/h1-4,10-11H,9H2. The molecular weight excluding hydrogens is 140 g/mol. The molecule has 0 atom stereocenters. The summed E-state index contributed by atoms with van der Waals surface area (Å²) >= 11 is 0. The summed E-state index contributed by atoms with van der Waals surface area (Å²) in [7, 11) is 0. The second-order valence-electron chi connectivity index (χ2n) is 2.47. The van der Waals surface area contributed by atoms with Crippen LogP contribution in [-0.4, -0.2) is 10.1 Å². The van der Waals surface area contributed by atoms with E-state index in [0.29, 0.717) is 5.69 Å². The van der Waals surface area contributed by atoms with Gasteiger partial charge in [0.05, 0.1) is 11.2 Å². The van der Waals surface area contributed by atoms with E-state index in [-0.39, 0.29) is 5.75 Å². The van der Waals surface area contributed by atoms with E-state index in [1.165, 1.54) is 0 Å². The summed E-state index contributed by atoms with van der Waals surface area (Å²) in [6.07, 6.45) is 1.71. The third-order valence-corrected chi connectivity index (χ3v) is 1.70. The number of phenolic OH excluding ortho intramolecular Hbond substituents is 1. The van der Waals surface area contributed by atoms with E-state index in [9.17, 15) is 0 Å². The molecule has 3 heteroatoms. The molecule has 1 aromatic carbocycles. The van der Waals surface area contributed by atoms with Crippen molar-refractivity contribution in [2.45, 2.75) is 0 Å². The average molecular weight is 148 g/mol. The fourth-order valence-corrected chi connectivity index (χ4v) is 1.14. The Morgan fingerprint density at radius 1 is 1.36 bits per heavy atom. The molecule has 1 heterocycles. The molecule has 56 valence electrons. The number of phenols is 1. The Bertz CT molecular complexity index is 392. The van der Waals surface area contributed by atoms with Gasteiger partial charge in [-0.05, 0) is 12.1 Å². The first-order chi connectivity index (χ1) is 5.27. The minimum absolute atomic E-state index is 0.249. The first-order valence-electron chi connectivity index (χ1n) is 3.33. The third kappa shape index (κ3) is 0.816. The van der Waals surface area contributed by atoms with Crippen LogP contribution in [-0.2, 0) is 0 Å². The molecule has 0 saturated heterocycles. The first kappa shape index (κ1) is 6.09. The van der Waals surface area contributed by atoms with Crippen molar-refractivity contribution < 1.29 is 5.11 Å². The Morgan fingerprint density at radius 3 is 3.00 bits per heavy atom. The number of aromatic amines is 1. The number of aromatic hydroxyl groups is 1. The van der Waals surface area contributed by atoms with Gasteiger partial charge in [-0.2, -0.15) is 0 Å². The lowest BCUT2D eigenvalue weighted by Crippen LogP contribution is -1.78. The van der Waals surface area contributed by atoms with Crippen molar-refractivity contribution in [3.63, 3.8) is 0 Å². The van der Waals surface area contributed by atoms with Crippen molar-refractivity contribution in [2.75, 3.05) is 5.73 Å². The number of H-pyrrole nitrogens is 1. The molecule has 0 amide bonds. The van der Waals surface area contributed by atoms with Crippen molar-refractivity contribution in [1.29, 1.82) is 0 Å². The molecule has 2 rings (SSSR count). The maximum absolute atomic E-state index is 9.08. The Labute approximate surface area is 63.5 Å². The Balaban J connectivity index is 2.86. The maximum Gasteiger partial charge on any atom is 0.117 e. The van der Waals surface area contributed by atoms with Crippen LogP contribution in [0.4, 0.5) is 5.69 Å². The smallest absolute Gasteiger partial charge is 0.117 e. The summed E-state index contributed by atoms with van der Waals surface area (Å²) in [6.45, 7) is 0. The number of hydrogen-bond donors (Lipinski definition) is 3. The van der Waals surface area contributed by atoms with E-state index >= 15 is 0 Å². The summed E-state index contributed by atoms with van der Waals surface area (Å²) in [4.78, 5) is 2.94. The minimum Gasteiger partial charge on any atom is -0.508 e. The van der Waals surface area contributed by atoms with E-state index in [1.54, 1.807) is 24.4 Å². The van der Waals surface area contributed by atoms with Gasteiger partial charge in [0.1, 0.15) is 5.75 Å². The van der Waals surface area contributed by atoms with Crippen LogP contribution in [0.5, 0.6) is 5.75 Å². The zero-order valence-electron chi connectivity index (χ0n) is 5.83. The second-order valence-corrected chi connectivity index (χ2v) is 2.47. The van der Waals surface area contributed by atoms with Crippen LogP contribution in [0.2, 0.25) is 0 Å². The van der Waals surface area contributed by atoms with Gasteiger partial charge in [-0.1, -0.05) is 0 Å². The topological polar surface area (TPSA) is 62.0 Å². The zero-order chi connectivity index (χ0) is 7.84. The molecule has 0 aliphatic rings. The quantitative estimate of drug-likeness (QED) is 0.529. The lowest BCUT2D eigenvalue weighted by Gasteiger charge is -1.91. The number of hydrogen-bond acceptors (Lipinski definition) is 2. The number of nitrogen functional groups attached to an aromatic ring is 1. The van der Waals surface area contributed by atoms with E-state index in [4.69, 9.17) is 10.8 Å². The van der Waals surface area contributed by atoms with Crippen LogP contribution in [0.3, 0.4) is 0 Å². The predicted octanol–water partition coefficient (Wildman–Crippen LogP) is 1.46. The van der Waals surface area contributed by atoms with E-state index < -0.39 is 0 Å². The highest BCUT2D eigenvalue weighted by atomic mass is 16.3. The SMILES string of the molecule is Nc1c[nH]c2cc(O)ccc12. The number of rotatable bonds is 0. The average Bonchev–Trinajstić information content (AvgIpc) is 2.32. The molecule has 11 heavy (non-hydrogen) atoms. The van der Waals surface area contributed by atoms with E-state index in [2.05, 4.69) is 4.98 Å². The van der Waals surface area contributed by atoms with Gasteiger partial charge < -0.3 is 15.8 Å². The van der Waals surface area contributed by atoms with Gasteiger partial charge in [-0.3, -0.25) is 0 Å². The van der Waals surface area contributed by atoms with Crippen LogP contribution in [0.15, 0.2) is 24.4 Å². The monoisotopic (exact) mass is 148 g/mol. The molecule has 0 fully saturated rings. The summed E-state index contributed by atoms with van der Waals surface area (Å²) in [5.74, 6) is 0.249. The minimum atomic E-state index is 0.249. The predicted molar refractivity (Wildman–Crippen MR) is 44.4 cm³/mol. The largest absolute Gasteiger partial charge is 0.508 e. The van der Waals surface area contributed by atoms with Gasteiger partial charge in [0, 0.05) is 17.6 Å². The number of fused-ring (bicyclic) bond motifs is 1. The molecule has 0 bridgehead atoms.